The van der Waals surface area contributed by atoms with Crippen molar-refractivity contribution in [3.63, 3.8) is 0 Å². The smallest absolute Gasteiger partial charge is 0.341 e. The van der Waals surface area contributed by atoms with Gasteiger partial charge in [-0.2, -0.15) is 5.10 Å². The van der Waals surface area contributed by atoms with Gasteiger partial charge in [-0.15, -0.1) is 0 Å². The number of fused-ring (bicyclic) bond motifs is 1. The molecule has 84 valence electrons. The van der Waals surface area contributed by atoms with Crippen LogP contribution in [0.15, 0.2) is 12.3 Å². The minimum absolute atomic E-state index is 0.356. The van der Waals surface area contributed by atoms with Crippen LogP contribution in [0, 0.1) is 13.8 Å². The fraction of sp³-hybridized carbons (Fsp3) is 0.364. The first-order valence-electron chi connectivity index (χ1n) is 5.12. The van der Waals surface area contributed by atoms with E-state index in [-0.39, 0.29) is 5.97 Å². The quantitative estimate of drug-likeness (QED) is 0.718. The van der Waals surface area contributed by atoms with E-state index in [0.29, 0.717) is 12.2 Å². The summed E-state index contributed by atoms with van der Waals surface area (Å²) in [6.45, 7) is 5.84. The Labute approximate surface area is 93.1 Å². The van der Waals surface area contributed by atoms with Crippen LogP contribution in [0.2, 0.25) is 0 Å². The fourth-order valence-electron chi connectivity index (χ4n) is 1.57. The van der Waals surface area contributed by atoms with E-state index in [2.05, 4.69) is 10.1 Å². The maximum atomic E-state index is 11.6. The number of rotatable bonds is 2. The fourth-order valence-corrected chi connectivity index (χ4v) is 1.57. The summed E-state index contributed by atoms with van der Waals surface area (Å²) >= 11 is 0. The molecule has 2 heterocycles. The van der Waals surface area contributed by atoms with Crippen molar-refractivity contribution in [1.29, 1.82) is 0 Å². The molecule has 0 aliphatic carbocycles. The summed E-state index contributed by atoms with van der Waals surface area (Å²) in [7, 11) is 0. The number of carbonyl (C=O) groups excluding carboxylic acids is 1. The third-order valence-electron chi connectivity index (χ3n) is 2.34. The van der Waals surface area contributed by atoms with Gasteiger partial charge in [0, 0.05) is 12.3 Å². The van der Waals surface area contributed by atoms with E-state index < -0.39 is 0 Å². The van der Waals surface area contributed by atoms with Gasteiger partial charge in [-0.05, 0) is 20.8 Å². The molecule has 2 aromatic rings. The average Bonchev–Trinajstić information content (AvgIpc) is 2.60. The number of aryl methyl sites for hydroxylation is 2. The number of hydrogen-bond donors (Lipinski definition) is 0. The zero-order valence-electron chi connectivity index (χ0n) is 9.52. The molecule has 0 spiro atoms. The lowest BCUT2D eigenvalue weighted by molar-refractivity contribution is 0.0524. The SMILES string of the molecule is CCOC(=O)c1cnc2cc(C)nn2c1C. The van der Waals surface area contributed by atoms with Gasteiger partial charge >= 0.3 is 5.97 Å². The Hall–Kier alpha value is -1.91. The van der Waals surface area contributed by atoms with Gasteiger partial charge in [0.1, 0.15) is 0 Å². The molecule has 0 bridgehead atoms. The third-order valence-corrected chi connectivity index (χ3v) is 2.34. The van der Waals surface area contributed by atoms with Crippen LogP contribution >= 0.6 is 0 Å². The molecule has 0 aliphatic rings. The van der Waals surface area contributed by atoms with E-state index in [4.69, 9.17) is 4.74 Å². The van der Waals surface area contributed by atoms with Crippen LogP contribution in [0.4, 0.5) is 0 Å². The normalized spacial score (nSPS) is 10.7. The first kappa shape index (κ1) is 10.6. The van der Waals surface area contributed by atoms with Crippen LogP contribution in [-0.4, -0.2) is 27.2 Å². The molecule has 0 saturated carbocycles. The van der Waals surface area contributed by atoms with Crippen molar-refractivity contribution in [2.45, 2.75) is 20.8 Å². The molecule has 0 amide bonds. The van der Waals surface area contributed by atoms with Crippen LogP contribution in [0.5, 0.6) is 0 Å². The Morgan fingerprint density at radius 1 is 1.50 bits per heavy atom. The van der Waals surface area contributed by atoms with Crippen molar-refractivity contribution in [1.82, 2.24) is 14.6 Å². The number of carbonyl (C=O) groups is 1. The van der Waals surface area contributed by atoms with Gasteiger partial charge in [0.2, 0.25) is 0 Å². The lowest BCUT2D eigenvalue weighted by Gasteiger charge is -2.05. The lowest BCUT2D eigenvalue weighted by Crippen LogP contribution is -2.11. The zero-order chi connectivity index (χ0) is 11.7. The molecule has 16 heavy (non-hydrogen) atoms. The highest BCUT2D eigenvalue weighted by molar-refractivity contribution is 5.90. The van der Waals surface area contributed by atoms with Crippen LogP contribution < -0.4 is 0 Å². The predicted octanol–water partition coefficient (Wildman–Crippen LogP) is 1.52. The number of hydrogen-bond acceptors (Lipinski definition) is 4. The molecule has 0 N–H and O–H groups in total. The molecular formula is C11H13N3O2. The summed E-state index contributed by atoms with van der Waals surface area (Å²) in [5, 5.41) is 4.26. The average molecular weight is 219 g/mol. The van der Waals surface area contributed by atoms with Crippen LogP contribution in [-0.2, 0) is 4.74 Å². The summed E-state index contributed by atoms with van der Waals surface area (Å²) in [4.78, 5) is 15.8. The first-order chi connectivity index (χ1) is 7.63. The minimum Gasteiger partial charge on any atom is -0.462 e. The molecule has 0 radical (unpaired) electrons. The molecule has 0 unspecified atom stereocenters. The van der Waals surface area contributed by atoms with Crippen molar-refractivity contribution in [2.75, 3.05) is 6.61 Å². The van der Waals surface area contributed by atoms with Crippen molar-refractivity contribution in [3.05, 3.63) is 29.2 Å². The van der Waals surface area contributed by atoms with Crippen LogP contribution in [0.25, 0.3) is 5.65 Å². The van der Waals surface area contributed by atoms with Crippen molar-refractivity contribution < 1.29 is 9.53 Å². The van der Waals surface area contributed by atoms with E-state index in [9.17, 15) is 4.79 Å². The van der Waals surface area contributed by atoms with Gasteiger partial charge in [-0.25, -0.2) is 14.3 Å². The molecule has 0 fully saturated rings. The first-order valence-corrected chi connectivity index (χ1v) is 5.12. The van der Waals surface area contributed by atoms with Crippen LogP contribution in [0.1, 0.15) is 28.7 Å². The van der Waals surface area contributed by atoms with E-state index in [1.807, 2.05) is 19.9 Å². The highest BCUT2D eigenvalue weighted by Gasteiger charge is 2.14. The molecule has 0 saturated heterocycles. The Balaban J connectivity index is 2.55. The maximum absolute atomic E-state index is 11.6. The molecule has 0 aromatic carbocycles. The summed E-state index contributed by atoms with van der Waals surface area (Å²) in [5.74, 6) is -0.359. The molecule has 5 heteroatoms. The summed E-state index contributed by atoms with van der Waals surface area (Å²) in [6, 6.07) is 1.86. The number of esters is 1. The Kier molecular flexibility index (Phi) is 2.60. The second-order valence-electron chi connectivity index (χ2n) is 3.53. The summed E-state index contributed by atoms with van der Waals surface area (Å²) in [5.41, 5.74) is 2.81. The molecule has 0 aliphatic heterocycles. The topological polar surface area (TPSA) is 56.5 Å². The minimum atomic E-state index is -0.359. The third kappa shape index (κ3) is 1.64. The monoisotopic (exact) mass is 219 g/mol. The van der Waals surface area contributed by atoms with Crippen LogP contribution in [0.3, 0.4) is 0 Å². The van der Waals surface area contributed by atoms with E-state index >= 15 is 0 Å². The molecule has 0 atom stereocenters. The Morgan fingerprint density at radius 2 is 2.25 bits per heavy atom. The molecule has 2 aromatic heterocycles. The van der Waals surface area contributed by atoms with Gasteiger partial charge < -0.3 is 4.74 Å². The highest BCUT2D eigenvalue weighted by atomic mass is 16.5. The van der Waals surface area contributed by atoms with Gasteiger partial charge in [0.05, 0.1) is 23.6 Å². The van der Waals surface area contributed by atoms with Gasteiger partial charge in [-0.3, -0.25) is 0 Å². The number of aromatic nitrogens is 3. The van der Waals surface area contributed by atoms with Gasteiger partial charge in [0.15, 0.2) is 5.65 Å². The second kappa shape index (κ2) is 3.92. The molecule has 5 nitrogen and oxygen atoms in total. The Bertz CT molecular complexity index is 545. The van der Waals surface area contributed by atoms with E-state index in [0.717, 1.165) is 17.0 Å². The highest BCUT2D eigenvalue weighted by Crippen LogP contribution is 2.11. The zero-order valence-corrected chi connectivity index (χ0v) is 9.52. The van der Waals surface area contributed by atoms with Gasteiger partial charge in [0.25, 0.3) is 0 Å². The second-order valence-corrected chi connectivity index (χ2v) is 3.53. The number of nitrogens with zero attached hydrogens (tertiary/aromatic N) is 3. The Morgan fingerprint density at radius 3 is 2.94 bits per heavy atom. The molecule has 2 rings (SSSR count). The largest absolute Gasteiger partial charge is 0.462 e. The van der Waals surface area contributed by atoms with E-state index in [1.165, 1.54) is 6.20 Å². The summed E-state index contributed by atoms with van der Waals surface area (Å²) < 4.78 is 6.60. The summed E-state index contributed by atoms with van der Waals surface area (Å²) in [6.07, 6.45) is 1.53. The van der Waals surface area contributed by atoms with Crippen molar-refractivity contribution in [2.24, 2.45) is 0 Å². The lowest BCUT2D eigenvalue weighted by atomic mass is 10.2. The maximum Gasteiger partial charge on any atom is 0.341 e. The predicted molar refractivity (Wildman–Crippen MR) is 58.4 cm³/mol. The van der Waals surface area contributed by atoms with Crippen molar-refractivity contribution >= 4 is 11.6 Å². The van der Waals surface area contributed by atoms with E-state index in [1.54, 1.807) is 11.4 Å². The standard InChI is InChI=1S/C11H13N3O2/c1-4-16-11(15)9-6-12-10-5-7(2)13-14(10)8(9)3/h5-6H,4H2,1-3H3. The van der Waals surface area contributed by atoms with Crippen molar-refractivity contribution in [3.8, 4) is 0 Å². The number of ether oxygens (including phenoxy) is 1. The molecular weight excluding hydrogens is 206 g/mol. The van der Waals surface area contributed by atoms with Gasteiger partial charge in [-0.1, -0.05) is 0 Å².